The van der Waals surface area contributed by atoms with Crippen LogP contribution in [0.3, 0.4) is 0 Å². The lowest BCUT2D eigenvalue weighted by Crippen LogP contribution is -2.22. The highest BCUT2D eigenvalue weighted by molar-refractivity contribution is 5.94. The van der Waals surface area contributed by atoms with Crippen LogP contribution >= 0.6 is 0 Å². The van der Waals surface area contributed by atoms with Gasteiger partial charge in [0.2, 0.25) is 0 Å². The van der Waals surface area contributed by atoms with Gasteiger partial charge in [-0.25, -0.2) is 0 Å². The molecule has 2 rings (SSSR count). The molecular formula is C17H26N2O. The topological polar surface area (TPSA) is 41.1 Å². The lowest BCUT2D eigenvalue weighted by molar-refractivity contribution is 0.0963. The van der Waals surface area contributed by atoms with Gasteiger partial charge in [-0.2, -0.15) is 0 Å². The first-order valence-electron chi connectivity index (χ1n) is 7.79. The van der Waals surface area contributed by atoms with Crippen molar-refractivity contribution >= 4 is 11.6 Å². The Morgan fingerprint density at radius 3 is 2.55 bits per heavy atom. The first-order valence-corrected chi connectivity index (χ1v) is 7.79. The van der Waals surface area contributed by atoms with E-state index in [-0.39, 0.29) is 5.91 Å². The Bertz CT molecular complexity index is 427. The third-order valence-corrected chi connectivity index (χ3v) is 4.44. The zero-order valence-electron chi connectivity index (χ0n) is 12.6. The van der Waals surface area contributed by atoms with E-state index in [9.17, 15) is 4.79 Å². The molecular weight excluding hydrogens is 248 g/mol. The maximum Gasteiger partial charge on any atom is 0.251 e. The Kier molecular flexibility index (Phi) is 5.45. The second kappa shape index (κ2) is 7.32. The fraction of sp³-hybridized carbons (Fsp3) is 0.588. The molecule has 0 radical (unpaired) electrons. The normalized spacial score (nSPS) is 22.3. The van der Waals surface area contributed by atoms with Crippen LogP contribution < -0.4 is 10.6 Å². The third-order valence-electron chi connectivity index (χ3n) is 4.44. The predicted octanol–water partition coefficient (Wildman–Crippen LogP) is 3.67. The van der Waals surface area contributed by atoms with Crippen LogP contribution in [0.5, 0.6) is 0 Å². The number of hydrogen-bond acceptors (Lipinski definition) is 2. The maximum atomic E-state index is 11.5. The molecule has 1 saturated carbocycles. The first kappa shape index (κ1) is 14.9. The van der Waals surface area contributed by atoms with Gasteiger partial charge in [0.05, 0.1) is 0 Å². The van der Waals surface area contributed by atoms with Crippen molar-refractivity contribution in [2.24, 2.45) is 11.8 Å². The predicted molar refractivity (Wildman–Crippen MR) is 84.1 cm³/mol. The Morgan fingerprint density at radius 2 is 1.90 bits per heavy atom. The van der Waals surface area contributed by atoms with Crippen LogP contribution in [0.15, 0.2) is 24.3 Å². The Hall–Kier alpha value is -1.51. The minimum atomic E-state index is -0.0328. The first-order chi connectivity index (χ1) is 9.72. The molecule has 1 aliphatic rings. The molecule has 1 aliphatic carbocycles. The molecule has 0 bridgehead atoms. The van der Waals surface area contributed by atoms with Gasteiger partial charge in [0.1, 0.15) is 0 Å². The van der Waals surface area contributed by atoms with Gasteiger partial charge in [0, 0.05) is 24.8 Å². The fourth-order valence-corrected chi connectivity index (χ4v) is 3.10. The summed E-state index contributed by atoms with van der Waals surface area (Å²) >= 11 is 0. The molecule has 0 heterocycles. The molecule has 1 aromatic rings. The summed E-state index contributed by atoms with van der Waals surface area (Å²) in [5.74, 6) is 1.69. The van der Waals surface area contributed by atoms with Crippen molar-refractivity contribution < 1.29 is 4.79 Å². The van der Waals surface area contributed by atoms with Crippen molar-refractivity contribution in [1.82, 2.24) is 5.32 Å². The molecule has 2 N–H and O–H groups in total. The van der Waals surface area contributed by atoms with E-state index in [1.807, 2.05) is 24.3 Å². The molecule has 3 nitrogen and oxygen atoms in total. The smallest absolute Gasteiger partial charge is 0.251 e. The minimum Gasteiger partial charge on any atom is -0.385 e. The van der Waals surface area contributed by atoms with E-state index in [0.29, 0.717) is 5.56 Å². The average molecular weight is 274 g/mol. The van der Waals surface area contributed by atoms with Crippen LogP contribution in [0.1, 0.15) is 49.4 Å². The largest absolute Gasteiger partial charge is 0.385 e. The Balaban J connectivity index is 1.83. The quantitative estimate of drug-likeness (QED) is 0.860. The number of carbonyl (C=O) groups excluding carboxylic acids is 1. The van der Waals surface area contributed by atoms with E-state index in [0.717, 1.165) is 24.1 Å². The SMILES string of the molecule is CCC1CCCC(CNc2ccc(C(=O)NC)cc2)C1. The van der Waals surface area contributed by atoms with Crippen molar-refractivity contribution in [3.63, 3.8) is 0 Å². The number of benzene rings is 1. The molecule has 2 atom stereocenters. The van der Waals surface area contributed by atoms with Gasteiger partial charge in [-0.05, 0) is 48.9 Å². The molecule has 1 amide bonds. The van der Waals surface area contributed by atoms with Gasteiger partial charge in [0.25, 0.3) is 5.91 Å². The van der Waals surface area contributed by atoms with Crippen molar-refractivity contribution in [2.45, 2.75) is 39.0 Å². The summed E-state index contributed by atoms with van der Waals surface area (Å²) < 4.78 is 0. The molecule has 20 heavy (non-hydrogen) atoms. The highest BCUT2D eigenvalue weighted by Gasteiger charge is 2.20. The summed E-state index contributed by atoms with van der Waals surface area (Å²) in [6.07, 6.45) is 6.81. The van der Waals surface area contributed by atoms with E-state index in [4.69, 9.17) is 0 Å². The van der Waals surface area contributed by atoms with E-state index < -0.39 is 0 Å². The maximum absolute atomic E-state index is 11.5. The average Bonchev–Trinajstić information content (AvgIpc) is 2.53. The van der Waals surface area contributed by atoms with Crippen molar-refractivity contribution in [3.05, 3.63) is 29.8 Å². The fourth-order valence-electron chi connectivity index (χ4n) is 3.10. The number of hydrogen-bond donors (Lipinski definition) is 2. The van der Waals surface area contributed by atoms with Crippen LogP contribution in [0.2, 0.25) is 0 Å². The summed E-state index contributed by atoms with van der Waals surface area (Å²) in [6, 6.07) is 7.73. The van der Waals surface area contributed by atoms with E-state index in [1.165, 1.54) is 32.1 Å². The Morgan fingerprint density at radius 1 is 1.20 bits per heavy atom. The molecule has 0 saturated heterocycles. The zero-order valence-corrected chi connectivity index (χ0v) is 12.6. The van der Waals surface area contributed by atoms with Crippen molar-refractivity contribution in [2.75, 3.05) is 18.9 Å². The second-order valence-electron chi connectivity index (χ2n) is 5.84. The lowest BCUT2D eigenvalue weighted by atomic mass is 9.80. The Labute approximate surface area is 122 Å². The number of amides is 1. The minimum absolute atomic E-state index is 0.0328. The third kappa shape index (κ3) is 3.99. The van der Waals surface area contributed by atoms with Gasteiger partial charge < -0.3 is 10.6 Å². The molecule has 0 spiro atoms. The summed E-state index contributed by atoms with van der Waals surface area (Å²) in [5, 5.41) is 6.15. The molecule has 0 aromatic heterocycles. The van der Waals surface area contributed by atoms with Gasteiger partial charge >= 0.3 is 0 Å². The van der Waals surface area contributed by atoms with E-state index in [1.54, 1.807) is 7.05 Å². The molecule has 1 aromatic carbocycles. The lowest BCUT2D eigenvalue weighted by Gasteiger charge is -2.28. The monoisotopic (exact) mass is 274 g/mol. The molecule has 2 unspecified atom stereocenters. The molecule has 3 heteroatoms. The highest BCUT2D eigenvalue weighted by Crippen LogP contribution is 2.31. The number of anilines is 1. The summed E-state index contributed by atoms with van der Waals surface area (Å²) in [5.41, 5.74) is 1.82. The number of rotatable bonds is 5. The second-order valence-corrected chi connectivity index (χ2v) is 5.84. The van der Waals surface area contributed by atoms with Crippen LogP contribution in [-0.2, 0) is 0 Å². The standard InChI is InChI=1S/C17H26N2O/c1-3-13-5-4-6-14(11-13)12-19-16-9-7-15(8-10-16)17(20)18-2/h7-10,13-14,19H,3-6,11-12H2,1-2H3,(H,18,20). The molecule has 110 valence electrons. The highest BCUT2D eigenvalue weighted by atomic mass is 16.1. The van der Waals surface area contributed by atoms with Crippen LogP contribution in [0, 0.1) is 11.8 Å². The van der Waals surface area contributed by atoms with Crippen LogP contribution in [0.4, 0.5) is 5.69 Å². The summed E-state index contributed by atoms with van der Waals surface area (Å²) in [6.45, 7) is 3.35. The van der Waals surface area contributed by atoms with Crippen molar-refractivity contribution in [3.8, 4) is 0 Å². The van der Waals surface area contributed by atoms with Gasteiger partial charge in [-0.3, -0.25) is 4.79 Å². The summed E-state index contributed by atoms with van der Waals surface area (Å²) in [4.78, 5) is 11.5. The van der Waals surface area contributed by atoms with E-state index in [2.05, 4.69) is 17.6 Å². The van der Waals surface area contributed by atoms with Gasteiger partial charge in [-0.1, -0.05) is 26.2 Å². The molecule has 0 aliphatic heterocycles. The molecule has 1 fully saturated rings. The van der Waals surface area contributed by atoms with Crippen molar-refractivity contribution in [1.29, 1.82) is 0 Å². The van der Waals surface area contributed by atoms with E-state index >= 15 is 0 Å². The number of carbonyl (C=O) groups is 1. The van der Waals surface area contributed by atoms with Crippen LogP contribution in [0.25, 0.3) is 0 Å². The summed E-state index contributed by atoms with van der Waals surface area (Å²) in [7, 11) is 1.65. The van der Waals surface area contributed by atoms with Gasteiger partial charge in [-0.15, -0.1) is 0 Å². The van der Waals surface area contributed by atoms with Gasteiger partial charge in [0.15, 0.2) is 0 Å². The zero-order chi connectivity index (χ0) is 14.4. The van der Waals surface area contributed by atoms with Crippen LogP contribution in [-0.4, -0.2) is 19.5 Å². The number of nitrogens with one attached hydrogen (secondary N) is 2.